The number of carbonyl (C=O) groups is 1. The zero-order chi connectivity index (χ0) is 18.9. The number of anilines is 1. The van der Waals surface area contributed by atoms with Gasteiger partial charge in [0.05, 0.1) is 6.61 Å². The maximum Gasteiger partial charge on any atom is 0.349 e. The van der Waals surface area contributed by atoms with Crippen molar-refractivity contribution in [3.8, 4) is 0 Å². The minimum absolute atomic E-state index is 0.0326. The quantitative estimate of drug-likeness (QED) is 0.652. The van der Waals surface area contributed by atoms with Gasteiger partial charge in [0, 0.05) is 15.8 Å². The molecule has 0 saturated carbocycles. The highest BCUT2D eigenvalue weighted by Crippen LogP contribution is 2.36. The monoisotopic (exact) mass is 389 g/mol. The van der Waals surface area contributed by atoms with Crippen molar-refractivity contribution in [1.29, 1.82) is 0 Å². The molecule has 1 heterocycles. The van der Waals surface area contributed by atoms with Crippen LogP contribution in [0.1, 0.15) is 27.7 Å². The molecule has 5 nitrogen and oxygen atoms in total. The highest BCUT2D eigenvalue weighted by molar-refractivity contribution is 7.93. The molecule has 0 fully saturated rings. The predicted octanol–water partition coefficient (Wildman–Crippen LogP) is 4.50. The summed E-state index contributed by atoms with van der Waals surface area (Å²) in [5.74, 6) is -0.630. The van der Waals surface area contributed by atoms with Crippen molar-refractivity contribution in [3.05, 3.63) is 58.5 Å². The molecular formula is C19H19NO4S2. The first-order valence-corrected chi connectivity index (χ1v) is 10.4. The van der Waals surface area contributed by atoms with E-state index >= 15 is 0 Å². The van der Waals surface area contributed by atoms with Crippen molar-refractivity contribution in [1.82, 2.24) is 0 Å². The van der Waals surface area contributed by atoms with E-state index in [0.29, 0.717) is 11.1 Å². The largest absolute Gasteiger partial charge is 0.462 e. The van der Waals surface area contributed by atoms with E-state index in [1.807, 2.05) is 19.9 Å². The molecule has 0 aliphatic rings. The van der Waals surface area contributed by atoms with Crippen molar-refractivity contribution >= 4 is 43.1 Å². The highest BCUT2D eigenvalue weighted by atomic mass is 32.2. The van der Waals surface area contributed by atoms with Gasteiger partial charge in [-0.25, -0.2) is 13.2 Å². The van der Waals surface area contributed by atoms with Crippen LogP contribution in [0.25, 0.3) is 10.1 Å². The Labute approximate surface area is 156 Å². The van der Waals surface area contributed by atoms with Crippen LogP contribution in [0.3, 0.4) is 0 Å². The number of sulfonamides is 1. The third kappa shape index (κ3) is 3.45. The lowest BCUT2D eigenvalue weighted by Gasteiger charge is -2.11. The topological polar surface area (TPSA) is 72.5 Å². The van der Waals surface area contributed by atoms with Gasteiger partial charge in [0.15, 0.2) is 0 Å². The SMILES string of the molecule is CCOC(=O)c1sc2ccccc2c1S(=O)(=O)Nc1ccc(C)c(C)c1. The van der Waals surface area contributed by atoms with Gasteiger partial charge in [-0.05, 0) is 50.1 Å². The first kappa shape index (κ1) is 18.4. The van der Waals surface area contributed by atoms with E-state index in [0.717, 1.165) is 27.2 Å². The number of hydrogen-bond donors (Lipinski definition) is 1. The standard InChI is InChI=1S/C19H19NO4S2/c1-4-24-19(21)17-18(15-7-5-6-8-16(15)25-17)26(22,23)20-14-10-9-12(2)13(3)11-14/h5-11,20H,4H2,1-3H3. The molecule has 0 radical (unpaired) electrons. The maximum atomic E-state index is 13.1. The fourth-order valence-corrected chi connectivity index (χ4v) is 5.48. The number of benzene rings is 2. The minimum atomic E-state index is -3.96. The molecule has 1 aromatic heterocycles. The summed E-state index contributed by atoms with van der Waals surface area (Å²) in [6, 6.07) is 12.4. The molecule has 0 unspecified atom stereocenters. The van der Waals surface area contributed by atoms with E-state index in [9.17, 15) is 13.2 Å². The van der Waals surface area contributed by atoms with Crippen LogP contribution >= 0.6 is 11.3 Å². The van der Waals surface area contributed by atoms with Gasteiger partial charge in [-0.1, -0.05) is 24.3 Å². The van der Waals surface area contributed by atoms with Crippen LogP contribution in [0.15, 0.2) is 47.4 Å². The summed E-state index contributed by atoms with van der Waals surface area (Å²) >= 11 is 1.12. The number of carbonyl (C=O) groups excluding carboxylic acids is 1. The van der Waals surface area contributed by atoms with Crippen LogP contribution in [0.5, 0.6) is 0 Å². The van der Waals surface area contributed by atoms with Gasteiger partial charge in [0.1, 0.15) is 9.77 Å². The number of ether oxygens (including phenoxy) is 1. The summed E-state index contributed by atoms with van der Waals surface area (Å²) in [6.45, 7) is 5.74. The van der Waals surface area contributed by atoms with E-state index in [2.05, 4.69) is 4.72 Å². The van der Waals surface area contributed by atoms with Gasteiger partial charge in [0.2, 0.25) is 0 Å². The number of fused-ring (bicyclic) bond motifs is 1. The fourth-order valence-electron chi connectivity index (χ4n) is 2.63. The van der Waals surface area contributed by atoms with Crippen LogP contribution in [0.2, 0.25) is 0 Å². The van der Waals surface area contributed by atoms with Gasteiger partial charge < -0.3 is 4.74 Å². The number of rotatable bonds is 5. The first-order valence-electron chi connectivity index (χ1n) is 8.12. The molecule has 136 valence electrons. The predicted molar refractivity (Wildman–Crippen MR) is 105 cm³/mol. The van der Waals surface area contributed by atoms with Crippen LogP contribution in [-0.4, -0.2) is 21.0 Å². The number of aryl methyl sites for hydroxylation is 2. The third-order valence-corrected chi connectivity index (χ3v) is 6.78. The summed E-state index contributed by atoms with van der Waals surface area (Å²) in [7, 11) is -3.96. The lowest BCUT2D eigenvalue weighted by atomic mass is 10.1. The van der Waals surface area contributed by atoms with Crippen molar-refractivity contribution in [2.24, 2.45) is 0 Å². The van der Waals surface area contributed by atoms with E-state index in [4.69, 9.17) is 4.74 Å². The Hall–Kier alpha value is -2.38. The molecule has 2 aromatic carbocycles. The normalized spacial score (nSPS) is 11.5. The number of thiophene rings is 1. The molecule has 7 heteroatoms. The van der Waals surface area contributed by atoms with Gasteiger partial charge in [-0.15, -0.1) is 11.3 Å². The number of hydrogen-bond acceptors (Lipinski definition) is 5. The van der Waals surface area contributed by atoms with Crippen molar-refractivity contribution in [2.75, 3.05) is 11.3 Å². The van der Waals surface area contributed by atoms with E-state index in [1.54, 1.807) is 43.3 Å². The summed E-state index contributed by atoms with van der Waals surface area (Å²) in [4.78, 5) is 12.4. The molecule has 0 aliphatic carbocycles. The maximum absolute atomic E-state index is 13.1. The average Bonchev–Trinajstić information content (AvgIpc) is 2.99. The van der Waals surface area contributed by atoms with Gasteiger partial charge in [-0.2, -0.15) is 0 Å². The Morgan fingerprint density at radius 1 is 1.12 bits per heavy atom. The first-order chi connectivity index (χ1) is 12.3. The Kier molecular flexibility index (Phi) is 5.02. The summed E-state index contributed by atoms with van der Waals surface area (Å²) in [6.07, 6.45) is 0. The molecule has 0 bridgehead atoms. The van der Waals surface area contributed by atoms with Crippen molar-refractivity contribution in [3.63, 3.8) is 0 Å². The second-order valence-corrected chi connectivity index (χ2v) is 8.55. The van der Waals surface area contributed by atoms with E-state index < -0.39 is 16.0 Å². The number of nitrogens with one attached hydrogen (secondary N) is 1. The summed E-state index contributed by atoms with van der Waals surface area (Å²) in [5.41, 5.74) is 2.50. The molecule has 3 rings (SSSR count). The molecule has 1 N–H and O–H groups in total. The second kappa shape index (κ2) is 7.09. The molecule has 26 heavy (non-hydrogen) atoms. The van der Waals surface area contributed by atoms with Crippen LogP contribution in [0, 0.1) is 13.8 Å². The van der Waals surface area contributed by atoms with Gasteiger partial charge in [0.25, 0.3) is 10.0 Å². The number of esters is 1. The molecule has 3 aromatic rings. The fraction of sp³-hybridized carbons (Fsp3) is 0.211. The Morgan fingerprint density at radius 2 is 1.85 bits per heavy atom. The Bertz CT molecular complexity index is 1080. The Morgan fingerprint density at radius 3 is 2.54 bits per heavy atom. The lowest BCUT2D eigenvalue weighted by Crippen LogP contribution is -2.16. The second-order valence-electron chi connectivity index (χ2n) is 5.88. The van der Waals surface area contributed by atoms with Crippen LogP contribution in [0.4, 0.5) is 5.69 Å². The zero-order valence-corrected chi connectivity index (χ0v) is 16.3. The van der Waals surface area contributed by atoms with Crippen LogP contribution < -0.4 is 4.72 Å². The van der Waals surface area contributed by atoms with Crippen molar-refractivity contribution in [2.45, 2.75) is 25.7 Å². The van der Waals surface area contributed by atoms with Crippen LogP contribution in [-0.2, 0) is 14.8 Å². The molecular weight excluding hydrogens is 370 g/mol. The highest BCUT2D eigenvalue weighted by Gasteiger charge is 2.29. The smallest absolute Gasteiger partial charge is 0.349 e. The van der Waals surface area contributed by atoms with Crippen molar-refractivity contribution < 1.29 is 17.9 Å². The molecule has 0 amide bonds. The Balaban J connectivity index is 2.13. The van der Waals surface area contributed by atoms with E-state index in [1.165, 1.54) is 0 Å². The van der Waals surface area contributed by atoms with Gasteiger partial charge >= 0.3 is 5.97 Å². The average molecular weight is 389 g/mol. The molecule has 0 aliphatic heterocycles. The minimum Gasteiger partial charge on any atom is -0.462 e. The van der Waals surface area contributed by atoms with Gasteiger partial charge in [-0.3, -0.25) is 4.72 Å². The molecule has 0 atom stereocenters. The van der Waals surface area contributed by atoms with E-state index in [-0.39, 0.29) is 16.4 Å². The molecule has 0 spiro atoms. The summed E-state index contributed by atoms with van der Waals surface area (Å²) in [5, 5.41) is 0.511. The lowest BCUT2D eigenvalue weighted by molar-refractivity contribution is 0.0528. The summed E-state index contributed by atoms with van der Waals surface area (Å²) < 4.78 is 34.5. The molecule has 0 saturated heterocycles. The third-order valence-electron chi connectivity index (χ3n) is 4.04. The zero-order valence-electron chi connectivity index (χ0n) is 14.7.